The molecule has 4 rings (SSSR count). The Hall–Kier alpha value is -1.70. The molecule has 0 N–H and O–H groups in total. The first-order chi connectivity index (χ1) is 10.5. The van der Waals surface area contributed by atoms with Crippen molar-refractivity contribution < 1.29 is 20.1 Å². The molecule has 4 aromatic rings. The molecule has 2 heterocycles. The third kappa shape index (κ3) is 2.80. The van der Waals surface area contributed by atoms with E-state index in [0.29, 0.717) is 0 Å². The van der Waals surface area contributed by atoms with Crippen LogP contribution in [0.25, 0.3) is 27.3 Å². The maximum Gasteiger partial charge on any atom is 0.0933 e. The van der Waals surface area contributed by atoms with E-state index < -0.39 is 0 Å². The SMILES string of the molecule is CC(C)(C)Cc1cc2c3ccccc3nn2c2[c-]cccc12.[Ir]. The Morgan fingerprint density at radius 2 is 1.78 bits per heavy atom. The molecule has 0 atom stereocenters. The summed E-state index contributed by atoms with van der Waals surface area (Å²) in [5.74, 6) is 0. The van der Waals surface area contributed by atoms with Crippen LogP contribution in [0.1, 0.15) is 26.3 Å². The van der Waals surface area contributed by atoms with Crippen LogP contribution in [0.5, 0.6) is 0 Å². The van der Waals surface area contributed by atoms with Crippen LogP contribution in [0.2, 0.25) is 0 Å². The smallest absolute Gasteiger partial charge is 0.0933 e. The first-order valence-corrected chi connectivity index (χ1v) is 7.73. The number of benzene rings is 2. The van der Waals surface area contributed by atoms with Gasteiger partial charge in [0.05, 0.1) is 11.0 Å². The van der Waals surface area contributed by atoms with Crippen molar-refractivity contribution in [2.24, 2.45) is 5.41 Å². The molecule has 0 spiro atoms. The van der Waals surface area contributed by atoms with Crippen molar-refractivity contribution in [3.8, 4) is 0 Å². The molecule has 2 aromatic heterocycles. The van der Waals surface area contributed by atoms with E-state index in [9.17, 15) is 0 Å². The fourth-order valence-electron chi connectivity index (χ4n) is 3.19. The molecule has 0 saturated heterocycles. The summed E-state index contributed by atoms with van der Waals surface area (Å²) in [4.78, 5) is 0. The molecule has 2 nitrogen and oxygen atoms in total. The third-order valence-corrected chi connectivity index (χ3v) is 4.04. The molecule has 119 valence electrons. The summed E-state index contributed by atoms with van der Waals surface area (Å²) in [5.41, 5.74) is 4.89. The summed E-state index contributed by atoms with van der Waals surface area (Å²) in [6.07, 6.45) is 1.04. The molecule has 3 heteroatoms. The van der Waals surface area contributed by atoms with Crippen LogP contribution in [-0.4, -0.2) is 9.61 Å². The van der Waals surface area contributed by atoms with E-state index in [2.05, 4.69) is 63.2 Å². The molecule has 0 saturated carbocycles. The number of hydrogen-bond acceptors (Lipinski definition) is 1. The van der Waals surface area contributed by atoms with Gasteiger partial charge < -0.3 is 0 Å². The predicted molar refractivity (Wildman–Crippen MR) is 92.2 cm³/mol. The van der Waals surface area contributed by atoms with Crippen LogP contribution in [-0.2, 0) is 26.5 Å². The van der Waals surface area contributed by atoms with E-state index in [1.54, 1.807) is 0 Å². The zero-order chi connectivity index (χ0) is 15.3. The number of aromatic nitrogens is 2. The summed E-state index contributed by atoms with van der Waals surface area (Å²) >= 11 is 0. The van der Waals surface area contributed by atoms with Crippen molar-refractivity contribution in [3.63, 3.8) is 0 Å². The largest absolute Gasteiger partial charge is 0.257 e. The third-order valence-electron chi connectivity index (χ3n) is 4.04. The molecule has 0 aliphatic heterocycles. The monoisotopic (exact) mass is 480 g/mol. The molecule has 1 radical (unpaired) electrons. The normalized spacial score (nSPS) is 12.0. The van der Waals surface area contributed by atoms with Gasteiger partial charge in [0.1, 0.15) is 0 Å². The summed E-state index contributed by atoms with van der Waals surface area (Å²) < 4.78 is 2.03. The number of fused-ring (bicyclic) bond motifs is 5. The van der Waals surface area contributed by atoms with Crippen LogP contribution in [0.4, 0.5) is 0 Å². The predicted octanol–water partition coefficient (Wildman–Crippen LogP) is 5.03. The van der Waals surface area contributed by atoms with Gasteiger partial charge in [-0.1, -0.05) is 44.5 Å². The van der Waals surface area contributed by atoms with Crippen molar-refractivity contribution in [2.45, 2.75) is 27.2 Å². The number of hydrogen-bond donors (Lipinski definition) is 0. The van der Waals surface area contributed by atoms with Crippen molar-refractivity contribution in [1.82, 2.24) is 9.61 Å². The van der Waals surface area contributed by atoms with Crippen molar-refractivity contribution in [3.05, 3.63) is 60.2 Å². The Kier molecular flexibility index (Phi) is 4.03. The average molecular weight is 480 g/mol. The Bertz CT molecular complexity index is 993. The molecule has 23 heavy (non-hydrogen) atoms. The fraction of sp³-hybridized carbons (Fsp3) is 0.250. The minimum absolute atomic E-state index is 0. The number of rotatable bonds is 1. The van der Waals surface area contributed by atoms with Crippen LogP contribution >= 0.6 is 0 Å². The summed E-state index contributed by atoms with van der Waals surface area (Å²) in [6, 6.07) is 20.2. The number of pyridine rings is 1. The maximum atomic E-state index is 4.77. The zero-order valence-electron chi connectivity index (χ0n) is 13.6. The van der Waals surface area contributed by atoms with Crippen molar-refractivity contribution >= 4 is 27.3 Å². The van der Waals surface area contributed by atoms with Crippen molar-refractivity contribution in [1.29, 1.82) is 0 Å². The number of para-hydroxylation sites is 1. The van der Waals surface area contributed by atoms with E-state index in [1.165, 1.54) is 21.9 Å². The molecular weight excluding hydrogens is 460 g/mol. The second-order valence-electron chi connectivity index (χ2n) is 7.15. The fourth-order valence-corrected chi connectivity index (χ4v) is 3.19. The summed E-state index contributed by atoms with van der Waals surface area (Å²) in [5, 5.41) is 7.22. The van der Waals surface area contributed by atoms with Crippen LogP contribution in [0.3, 0.4) is 0 Å². The topological polar surface area (TPSA) is 17.3 Å². The Morgan fingerprint density at radius 3 is 2.57 bits per heavy atom. The maximum absolute atomic E-state index is 4.77. The van der Waals surface area contributed by atoms with Gasteiger partial charge in [-0.3, -0.25) is 4.52 Å². The second kappa shape index (κ2) is 5.74. The second-order valence-corrected chi connectivity index (χ2v) is 7.15. The zero-order valence-corrected chi connectivity index (χ0v) is 15.9. The standard InChI is InChI=1S/C20H19N2.Ir/c1-20(2,3)13-14-12-19-16-9-4-6-10-17(16)21-22(19)18-11-7-5-8-15(14)18;/h4-10,12H,13H2,1-3H3;/q-1;. The molecule has 0 aliphatic rings. The van der Waals surface area contributed by atoms with Gasteiger partial charge in [0.2, 0.25) is 0 Å². The minimum atomic E-state index is 0. The first-order valence-electron chi connectivity index (χ1n) is 7.73. The van der Waals surface area contributed by atoms with Gasteiger partial charge in [-0.2, -0.15) is 29.4 Å². The van der Waals surface area contributed by atoms with Gasteiger partial charge in [0.25, 0.3) is 0 Å². The van der Waals surface area contributed by atoms with E-state index in [4.69, 9.17) is 5.10 Å². The minimum Gasteiger partial charge on any atom is -0.257 e. The summed E-state index contributed by atoms with van der Waals surface area (Å²) in [7, 11) is 0. The molecule has 2 aromatic carbocycles. The molecule has 0 unspecified atom stereocenters. The Balaban J connectivity index is 0.00000156. The van der Waals surface area contributed by atoms with Gasteiger partial charge in [0.15, 0.2) is 0 Å². The van der Waals surface area contributed by atoms with Gasteiger partial charge in [-0.15, -0.1) is 5.39 Å². The van der Waals surface area contributed by atoms with E-state index in [1.807, 2.05) is 16.6 Å². The molecular formula is C20H19IrN2-. The Morgan fingerprint density at radius 1 is 1.04 bits per heavy atom. The molecule has 0 amide bonds. The van der Waals surface area contributed by atoms with Gasteiger partial charge in [0, 0.05) is 25.5 Å². The van der Waals surface area contributed by atoms with Gasteiger partial charge >= 0.3 is 0 Å². The van der Waals surface area contributed by atoms with Crippen LogP contribution in [0.15, 0.2) is 48.5 Å². The van der Waals surface area contributed by atoms with E-state index in [0.717, 1.165) is 17.5 Å². The van der Waals surface area contributed by atoms with Crippen LogP contribution < -0.4 is 0 Å². The van der Waals surface area contributed by atoms with Gasteiger partial charge in [-0.25, -0.2) is 0 Å². The van der Waals surface area contributed by atoms with Crippen LogP contribution in [0, 0.1) is 11.5 Å². The quantitative estimate of drug-likeness (QED) is 0.350. The van der Waals surface area contributed by atoms with E-state index in [-0.39, 0.29) is 25.5 Å². The molecule has 0 aliphatic carbocycles. The molecule has 0 fully saturated rings. The van der Waals surface area contributed by atoms with E-state index >= 15 is 0 Å². The van der Waals surface area contributed by atoms with Crippen molar-refractivity contribution in [2.75, 3.05) is 0 Å². The number of nitrogens with zero attached hydrogens (tertiary/aromatic N) is 2. The average Bonchev–Trinajstić information content (AvgIpc) is 2.85. The summed E-state index contributed by atoms with van der Waals surface area (Å²) in [6.45, 7) is 6.85. The Labute approximate surface area is 149 Å². The molecule has 0 bridgehead atoms. The first kappa shape index (κ1) is 16.2. The van der Waals surface area contributed by atoms with Gasteiger partial charge in [-0.05, 0) is 29.5 Å².